The van der Waals surface area contributed by atoms with Gasteiger partial charge in [0.2, 0.25) is 0 Å². The lowest BCUT2D eigenvalue weighted by Gasteiger charge is -2.06. The van der Waals surface area contributed by atoms with Gasteiger partial charge in [0.15, 0.2) is 0 Å². The summed E-state index contributed by atoms with van der Waals surface area (Å²) in [4.78, 5) is 15.3. The first-order chi connectivity index (χ1) is 9.99. The van der Waals surface area contributed by atoms with Gasteiger partial charge in [0.25, 0.3) is 5.91 Å². The summed E-state index contributed by atoms with van der Waals surface area (Å²) in [6.07, 6.45) is 1.72. The molecule has 0 spiro atoms. The minimum absolute atomic E-state index is 0.116. The van der Waals surface area contributed by atoms with Gasteiger partial charge in [0, 0.05) is 32.6 Å². The number of fused-ring (bicyclic) bond motifs is 1. The van der Waals surface area contributed by atoms with Crippen LogP contribution in [0.2, 0.25) is 0 Å². The zero-order valence-electron chi connectivity index (χ0n) is 11.6. The van der Waals surface area contributed by atoms with Crippen LogP contribution in [0.5, 0.6) is 0 Å². The molecule has 2 N–H and O–H groups in total. The van der Waals surface area contributed by atoms with Crippen molar-refractivity contribution in [2.24, 2.45) is 0 Å². The van der Waals surface area contributed by atoms with Gasteiger partial charge in [-0.1, -0.05) is 12.2 Å². The van der Waals surface area contributed by atoms with Gasteiger partial charge in [-0.2, -0.15) is 0 Å². The van der Waals surface area contributed by atoms with Crippen LogP contribution >= 0.6 is 31.9 Å². The van der Waals surface area contributed by atoms with E-state index in [1.807, 2.05) is 19.1 Å². The number of amides is 1. The predicted molar refractivity (Wildman–Crippen MR) is 91.7 cm³/mol. The second-order valence-electron chi connectivity index (χ2n) is 4.78. The monoisotopic (exact) mass is 414 g/mol. The topological polar surface area (TPSA) is 54.1 Å². The van der Waals surface area contributed by atoms with E-state index in [0.29, 0.717) is 25.3 Å². The first-order valence-corrected chi connectivity index (χ1v) is 8.04. The van der Waals surface area contributed by atoms with Crippen molar-refractivity contribution in [1.29, 1.82) is 0 Å². The van der Waals surface area contributed by atoms with Crippen LogP contribution in [0.15, 0.2) is 39.4 Å². The second-order valence-corrected chi connectivity index (χ2v) is 6.49. The van der Waals surface area contributed by atoms with Crippen LogP contribution in [0.25, 0.3) is 10.9 Å². The molecule has 0 aliphatic carbocycles. The van der Waals surface area contributed by atoms with Crippen molar-refractivity contribution in [1.82, 2.24) is 10.3 Å². The highest BCUT2D eigenvalue weighted by atomic mass is 79.9. The van der Waals surface area contributed by atoms with Gasteiger partial charge in [0.05, 0.1) is 18.8 Å². The molecule has 4 nitrogen and oxygen atoms in total. The normalized spacial score (nSPS) is 10.8. The minimum atomic E-state index is -0.116. The highest BCUT2D eigenvalue weighted by molar-refractivity contribution is 9.13. The quantitative estimate of drug-likeness (QED) is 0.553. The van der Waals surface area contributed by atoms with E-state index in [4.69, 9.17) is 4.74 Å². The lowest BCUT2D eigenvalue weighted by atomic mass is 10.1. The number of benzene rings is 1. The zero-order chi connectivity index (χ0) is 15.4. The number of aromatic nitrogens is 1. The standard InChI is InChI=1S/C15H16Br2N2O2/c1-9(2)8-21-4-3-18-15(20)11-7-19-14-6-13(17)12(16)5-10(11)14/h5-7,19H,1,3-4,8H2,2H3,(H,18,20). The van der Waals surface area contributed by atoms with Gasteiger partial charge < -0.3 is 15.0 Å². The van der Waals surface area contributed by atoms with Crippen molar-refractivity contribution < 1.29 is 9.53 Å². The van der Waals surface area contributed by atoms with E-state index in [1.54, 1.807) is 6.20 Å². The molecule has 0 atom stereocenters. The number of rotatable bonds is 6. The van der Waals surface area contributed by atoms with Crippen LogP contribution in [0, 0.1) is 0 Å². The molecule has 6 heteroatoms. The van der Waals surface area contributed by atoms with Crippen LogP contribution in [0.4, 0.5) is 0 Å². The number of nitrogens with one attached hydrogen (secondary N) is 2. The number of halogens is 2. The van der Waals surface area contributed by atoms with Gasteiger partial charge >= 0.3 is 0 Å². The number of aromatic amines is 1. The summed E-state index contributed by atoms with van der Waals surface area (Å²) < 4.78 is 7.20. The van der Waals surface area contributed by atoms with Crippen molar-refractivity contribution >= 4 is 48.7 Å². The summed E-state index contributed by atoms with van der Waals surface area (Å²) >= 11 is 6.89. The second kappa shape index (κ2) is 7.24. The Kier molecular flexibility index (Phi) is 5.61. The number of carbonyl (C=O) groups is 1. The maximum Gasteiger partial charge on any atom is 0.253 e. The molecule has 0 aliphatic heterocycles. The van der Waals surface area contributed by atoms with E-state index in [0.717, 1.165) is 25.4 Å². The molecular weight excluding hydrogens is 400 g/mol. The van der Waals surface area contributed by atoms with Crippen LogP contribution in [-0.4, -0.2) is 30.6 Å². The Hall–Kier alpha value is -1.11. The lowest BCUT2D eigenvalue weighted by Crippen LogP contribution is -2.27. The molecule has 0 saturated carbocycles. The van der Waals surface area contributed by atoms with Crippen molar-refractivity contribution in [3.63, 3.8) is 0 Å². The molecule has 1 aromatic heterocycles. The summed E-state index contributed by atoms with van der Waals surface area (Å²) in [6, 6.07) is 3.86. The van der Waals surface area contributed by atoms with Gasteiger partial charge in [-0.25, -0.2) is 0 Å². The first kappa shape index (κ1) is 16.3. The van der Waals surface area contributed by atoms with Crippen molar-refractivity contribution in [3.8, 4) is 0 Å². The third-order valence-corrected chi connectivity index (χ3v) is 4.69. The number of hydrogen-bond donors (Lipinski definition) is 2. The molecule has 0 fully saturated rings. The number of ether oxygens (including phenoxy) is 1. The third-order valence-electron chi connectivity index (χ3n) is 2.85. The van der Waals surface area contributed by atoms with Gasteiger partial charge in [0.1, 0.15) is 0 Å². The summed E-state index contributed by atoms with van der Waals surface area (Å²) in [7, 11) is 0. The molecule has 0 unspecified atom stereocenters. The van der Waals surface area contributed by atoms with Crippen molar-refractivity contribution in [2.75, 3.05) is 19.8 Å². The smallest absolute Gasteiger partial charge is 0.253 e. The Bertz CT molecular complexity index is 680. The molecule has 0 aliphatic rings. The molecule has 1 aromatic carbocycles. The summed E-state index contributed by atoms with van der Waals surface area (Å²) in [5.74, 6) is -0.116. The average Bonchev–Trinajstić information content (AvgIpc) is 2.81. The molecule has 21 heavy (non-hydrogen) atoms. The summed E-state index contributed by atoms with van der Waals surface area (Å²) in [5.41, 5.74) is 2.50. The Morgan fingerprint density at radius 3 is 2.81 bits per heavy atom. The number of hydrogen-bond acceptors (Lipinski definition) is 2. The highest BCUT2D eigenvalue weighted by Crippen LogP contribution is 2.29. The summed E-state index contributed by atoms with van der Waals surface area (Å²) in [5, 5.41) is 3.72. The van der Waals surface area contributed by atoms with Crippen LogP contribution in [-0.2, 0) is 4.74 Å². The van der Waals surface area contributed by atoms with Gasteiger partial charge in [-0.05, 0) is 50.9 Å². The van der Waals surface area contributed by atoms with Crippen LogP contribution in [0.1, 0.15) is 17.3 Å². The van der Waals surface area contributed by atoms with E-state index in [-0.39, 0.29) is 5.91 Å². The third kappa shape index (κ3) is 4.18. The van der Waals surface area contributed by atoms with Crippen LogP contribution < -0.4 is 5.32 Å². The maximum atomic E-state index is 12.2. The van der Waals surface area contributed by atoms with Gasteiger partial charge in [-0.3, -0.25) is 4.79 Å². The molecule has 1 amide bonds. The molecule has 2 rings (SSSR count). The highest BCUT2D eigenvalue weighted by Gasteiger charge is 2.13. The molecule has 0 radical (unpaired) electrons. The number of carbonyl (C=O) groups excluding carboxylic acids is 1. The van der Waals surface area contributed by atoms with E-state index < -0.39 is 0 Å². The fourth-order valence-corrected chi connectivity index (χ4v) is 2.57. The van der Waals surface area contributed by atoms with Crippen molar-refractivity contribution in [2.45, 2.75) is 6.92 Å². The Morgan fingerprint density at radius 1 is 1.38 bits per heavy atom. The summed E-state index contributed by atoms with van der Waals surface area (Å²) in [6.45, 7) is 7.11. The van der Waals surface area contributed by atoms with E-state index in [1.165, 1.54) is 0 Å². The molecule has 0 saturated heterocycles. The zero-order valence-corrected chi connectivity index (χ0v) is 14.8. The fourth-order valence-electron chi connectivity index (χ4n) is 1.88. The molecule has 2 aromatic rings. The van der Waals surface area contributed by atoms with Gasteiger partial charge in [-0.15, -0.1) is 0 Å². The van der Waals surface area contributed by atoms with E-state index in [9.17, 15) is 4.79 Å². The largest absolute Gasteiger partial charge is 0.375 e. The molecule has 0 bridgehead atoms. The average molecular weight is 416 g/mol. The molecule has 1 heterocycles. The minimum Gasteiger partial charge on any atom is -0.375 e. The molecule has 112 valence electrons. The lowest BCUT2D eigenvalue weighted by molar-refractivity contribution is 0.0928. The molecular formula is C15H16Br2N2O2. The van der Waals surface area contributed by atoms with Crippen molar-refractivity contribution in [3.05, 3.63) is 45.0 Å². The van der Waals surface area contributed by atoms with E-state index in [2.05, 4.69) is 48.7 Å². The number of H-pyrrole nitrogens is 1. The Balaban J connectivity index is 2.00. The SMILES string of the molecule is C=C(C)COCCNC(=O)c1c[nH]c2cc(Br)c(Br)cc12. The maximum absolute atomic E-state index is 12.2. The Labute approximate surface area is 140 Å². The predicted octanol–water partition coefficient (Wildman–Crippen LogP) is 4.02. The first-order valence-electron chi connectivity index (χ1n) is 6.45. The fraction of sp³-hybridized carbons (Fsp3) is 0.267. The van der Waals surface area contributed by atoms with E-state index >= 15 is 0 Å². The van der Waals surface area contributed by atoms with Crippen LogP contribution in [0.3, 0.4) is 0 Å². The Morgan fingerprint density at radius 2 is 2.10 bits per heavy atom.